The van der Waals surface area contributed by atoms with Gasteiger partial charge in [0, 0.05) is 24.6 Å². The number of nitrogens with zero attached hydrogens (tertiary/aromatic N) is 2. The van der Waals surface area contributed by atoms with Gasteiger partial charge in [-0.15, -0.1) is 11.3 Å². The van der Waals surface area contributed by atoms with E-state index in [0.29, 0.717) is 43.4 Å². The van der Waals surface area contributed by atoms with Crippen molar-refractivity contribution in [3.05, 3.63) is 69.2 Å². The summed E-state index contributed by atoms with van der Waals surface area (Å²) in [6.07, 6.45) is 0. The zero-order chi connectivity index (χ0) is 22.5. The summed E-state index contributed by atoms with van der Waals surface area (Å²) in [5.41, 5.74) is 3.79. The molecule has 2 heterocycles. The summed E-state index contributed by atoms with van der Waals surface area (Å²) in [6.45, 7) is 5.98. The number of aromatic nitrogens is 1. The average Bonchev–Trinajstić information content (AvgIpc) is 3.45. The molecule has 0 bridgehead atoms. The van der Waals surface area contributed by atoms with E-state index in [0.717, 1.165) is 16.5 Å². The fourth-order valence-electron chi connectivity index (χ4n) is 3.30. The minimum atomic E-state index is -0.110. The highest BCUT2D eigenvalue weighted by Gasteiger charge is 2.21. The largest absolute Gasteiger partial charge is 0.486 e. The van der Waals surface area contributed by atoms with Crippen molar-refractivity contribution in [1.29, 1.82) is 0 Å². The molecule has 32 heavy (non-hydrogen) atoms. The minimum absolute atomic E-state index is 0.110. The van der Waals surface area contributed by atoms with Crippen molar-refractivity contribution in [3.8, 4) is 17.2 Å². The van der Waals surface area contributed by atoms with Crippen molar-refractivity contribution in [2.45, 2.75) is 27.0 Å². The molecule has 0 saturated heterocycles. The first-order chi connectivity index (χ1) is 15.5. The zero-order valence-electron chi connectivity index (χ0n) is 18.4. The van der Waals surface area contributed by atoms with Crippen LogP contribution in [0.3, 0.4) is 0 Å². The van der Waals surface area contributed by atoms with Crippen molar-refractivity contribution in [1.82, 2.24) is 9.88 Å². The lowest BCUT2D eigenvalue weighted by Gasteiger charge is -2.21. The Kier molecular flexibility index (Phi) is 6.92. The smallest absolute Gasteiger partial charge is 0.254 e. The number of benzene rings is 2. The summed E-state index contributed by atoms with van der Waals surface area (Å²) < 4.78 is 21.8. The van der Waals surface area contributed by atoms with Gasteiger partial charge in [-0.25, -0.2) is 4.98 Å². The topological polar surface area (TPSA) is 70.1 Å². The zero-order valence-corrected chi connectivity index (χ0v) is 19.2. The molecule has 0 unspecified atom stereocenters. The highest BCUT2D eigenvalue weighted by Crippen LogP contribution is 2.33. The second kappa shape index (κ2) is 10.0. The molecule has 0 spiro atoms. The molecular formula is C24H26N2O5S. The minimum Gasteiger partial charge on any atom is -0.486 e. The van der Waals surface area contributed by atoms with E-state index in [1.54, 1.807) is 30.2 Å². The number of hydrogen-bond acceptors (Lipinski definition) is 7. The van der Waals surface area contributed by atoms with Crippen LogP contribution in [0.5, 0.6) is 17.2 Å². The maximum absolute atomic E-state index is 13.2. The third-order valence-corrected chi connectivity index (χ3v) is 6.14. The van der Waals surface area contributed by atoms with Gasteiger partial charge in [-0.2, -0.15) is 0 Å². The van der Waals surface area contributed by atoms with E-state index in [2.05, 4.69) is 18.8 Å². The monoisotopic (exact) mass is 454 g/mol. The van der Waals surface area contributed by atoms with E-state index in [1.165, 1.54) is 22.5 Å². The highest BCUT2D eigenvalue weighted by molar-refractivity contribution is 7.09. The highest BCUT2D eigenvalue weighted by atomic mass is 32.1. The molecule has 1 aliphatic rings. The van der Waals surface area contributed by atoms with Crippen LogP contribution in [-0.4, -0.2) is 42.8 Å². The lowest BCUT2D eigenvalue weighted by molar-refractivity contribution is 0.0677. The van der Waals surface area contributed by atoms with Gasteiger partial charge in [-0.05, 0) is 55.3 Å². The summed E-state index contributed by atoms with van der Waals surface area (Å²) in [6, 6.07) is 11.3. The number of ether oxygens (including phenoxy) is 4. The summed E-state index contributed by atoms with van der Waals surface area (Å²) >= 11 is 1.52. The summed E-state index contributed by atoms with van der Waals surface area (Å²) in [7, 11) is 1.62. The maximum Gasteiger partial charge on any atom is 0.254 e. The van der Waals surface area contributed by atoms with Crippen molar-refractivity contribution < 1.29 is 23.7 Å². The van der Waals surface area contributed by atoms with Crippen LogP contribution in [0.25, 0.3) is 0 Å². The van der Waals surface area contributed by atoms with Crippen LogP contribution in [0.1, 0.15) is 32.2 Å². The van der Waals surface area contributed by atoms with Gasteiger partial charge in [0.2, 0.25) is 6.79 Å². The molecule has 0 fully saturated rings. The number of fused-ring (bicyclic) bond motifs is 1. The number of hydrogen-bond donors (Lipinski definition) is 0. The third-order valence-electron chi connectivity index (χ3n) is 5.26. The van der Waals surface area contributed by atoms with Gasteiger partial charge in [-0.3, -0.25) is 4.79 Å². The van der Waals surface area contributed by atoms with E-state index in [-0.39, 0.29) is 12.7 Å². The first kappa shape index (κ1) is 22.1. The maximum atomic E-state index is 13.2. The van der Waals surface area contributed by atoms with E-state index in [1.807, 2.05) is 23.6 Å². The Morgan fingerprint density at radius 2 is 1.97 bits per heavy atom. The van der Waals surface area contributed by atoms with Crippen LogP contribution in [0, 0.1) is 13.8 Å². The van der Waals surface area contributed by atoms with Crippen LogP contribution in [-0.2, 0) is 17.9 Å². The van der Waals surface area contributed by atoms with E-state index < -0.39 is 0 Å². The Bertz CT molecular complexity index is 1100. The van der Waals surface area contributed by atoms with Gasteiger partial charge in [0.15, 0.2) is 11.5 Å². The molecule has 7 nitrogen and oxygen atoms in total. The fraction of sp³-hybridized carbons (Fsp3) is 0.333. The predicted octanol–water partition coefficient (Wildman–Crippen LogP) is 4.36. The number of rotatable bonds is 9. The molecule has 1 aliphatic heterocycles. The summed E-state index contributed by atoms with van der Waals surface area (Å²) in [5.74, 6) is 1.95. The third kappa shape index (κ3) is 5.20. The lowest BCUT2D eigenvalue weighted by atomic mass is 10.1. The molecule has 0 aliphatic carbocycles. The van der Waals surface area contributed by atoms with Crippen molar-refractivity contribution in [3.63, 3.8) is 0 Å². The van der Waals surface area contributed by atoms with Crippen LogP contribution < -0.4 is 14.2 Å². The Morgan fingerprint density at radius 3 is 2.78 bits per heavy atom. The van der Waals surface area contributed by atoms with E-state index >= 15 is 0 Å². The first-order valence-corrected chi connectivity index (χ1v) is 11.2. The Hall–Kier alpha value is -3.10. The quantitative estimate of drug-likeness (QED) is 0.479. The molecule has 3 aromatic rings. The second-order valence-corrected chi connectivity index (χ2v) is 8.50. The average molecular weight is 455 g/mol. The number of carbonyl (C=O) groups is 1. The first-order valence-electron chi connectivity index (χ1n) is 10.3. The van der Waals surface area contributed by atoms with Crippen molar-refractivity contribution >= 4 is 17.2 Å². The lowest BCUT2D eigenvalue weighted by Crippen LogP contribution is -2.33. The van der Waals surface area contributed by atoms with Gasteiger partial charge in [0.25, 0.3) is 5.91 Å². The number of amides is 1. The van der Waals surface area contributed by atoms with Crippen LogP contribution in [0.2, 0.25) is 0 Å². The predicted molar refractivity (Wildman–Crippen MR) is 122 cm³/mol. The van der Waals surface area contributed by atoms with Gasteiger partial charge >= 0.3 is 0 Å². The molecule has 0 radical (unpaired) electrons. The van der Waals surface area contributed by atoms with Crippen molar-refractivity contribution in [2.75, 3.05) is 27.1 Å². The Morgan fingerprint density at radius 1 is 1.12 bits per heavy atom. The SMILES string of the molecule is COCCN(Cc1csc(COc2ccc(C)c(C)c2)n1)C(=O)c1ccc2c(c1)OCO2. The molecule has 4 rings (SSSR count). The van der Waals surface area contributed by atoms with Gasteiger partial charge in [-0.1, -0.05) is 6.07 Å². The molecular weight excluding hydrogens is 428 g/mol. The molecule has 8 heteroatoms. The second-order valence-electron chi connectivity index (χ2n) is 7.55. The van der Waals surface area contributed by atoms with Gasteiger partial charge in [0.05, 0.1) is 18.8 Å². The molecule has 0 saturated carbocycles. The molecule has 2 aromatic carbocycles. The fourth-order valence-corrected chi connectivity index (χ4v) is 3.99. The van der Waals surface area contributed by atoms with Gasteiger partial charge < -0.3 is 23.8 Å². The summed E-state index contributed by atoms with van der Waals surface area (Å²) in [5, 5.41) is 2.83. The molecule has 168 valence electrons. The van der Waals surface area contributed by atoms with Crippen LogP contribution >= 0.6 is 11.3 Å². The van der Waals surface area contributed by atoms with E-state index in [4.69, 9.17) is 18.9 Å². The Balaban J connectivity index is 1.42. The standard InChI is InChI=1S/C24H26N2O5S/c1-16-4-6-20(10-17(16)2)29-13-23-25-19(14-32-23)12-26(8-9-28-3)24(27)18-5-7-21-22(11-18)31-15-30-21/h4-7,10-11,14H,8-9,12-13,15H2,1-3H3. The Labute approximate surface area is 191 Å². The normalized spacial score (nSPS) is 12.1. The number of thiazole rings is 1. The molecule has 0 N–H and O–H groups in total. The van der Waals surface area contributed by atoms with Crippen molar-refractivity contribution in [2.24, 2.45) is 0 Å². The number of aryl methyl sites for hydroxylation is 2. The van der Waals surface area contributed by atoms with Crippen LogP contribution in [0.4, 0.5) is 0 Å². The number of methoxy groups -OCH3 is 1. The van der Waals surface area contributed by atoms with Crippen LogP contribution in [0.15, 0.2) is 41.8 Å². The molecule has 1 aromatic heterocycles. The number of carbonyl (C=O) groups excluding carboxylic acids is 1. The molecule has 1 amide bonds. The summed E-state index contributed by atoms with van der Waals surface area (Å²) in [4.78, 5) is 19.5. The van der Waals surface area contributed by atoms with E-state index in [9.17, 15) is 4.79 Å². The molecule has 0 atom stereocenters. The van der Waals surface area contributed by atoms with Gasteiger partial charge in [0.1, 0.15) is 17.4 Å².